The van der Waals surface area contributed by atoms with E-state index in [0.717, 1.165) is 12.3 Å². The summed E-state index contributed by atoms with van der Waals surface area (Å²) in [6, 6.07) is 13.8. The summed E-state index contributed by atoms with van der Waals surface area (Å²) in [4.78, 5) is 16.3. The van der Waals surface area contributed by atoms with Crippen molar-refractivity contribution < 1.29 is 8.81 Å². The van der Waals surface area contributed by atoms with Crippen molar-refractivity contribution in [2.24, 2.45) is 0 Å². The molecule has 0 saturated carbocycles. The smallest absolute Gasteiger partial charge is 0.232 e. The van der Waals surface area contributed by atoms with Crippen LogP contribution >= 0.6 is 11.3 Å². The minimum Gasteiger partial charge on any atom is -0.468 e. The molecule has 0 fully saturated rings. The number of furan rings is 1. The lowest BCUT2D eigenvalue weighted by atomic mass is 10.3. The van der Waals surface area contributed by atoms with Gasteiger partial charge in [0.05, 0.1) is 19.4 Å². The third-order valence-electron chi connectivity index (χ3n) is 4.08. The Balaban J connectivity index is 1.52. The summed E-state index contributed by atoms with van der Waals surface area (Å²) in [6.45, 7) is 1.80. The van der Waals surface area contributed by atoms with E-state index in [1.807, 2.05) is 23.6 Å². The van der Waals surface area contributed by atoms with Crippen molar-refractivity contribution in [1.82, 2.24) is 19.9 Å². The second kappa shape index (κ2) is 8.80. The number of hydrogen-bond donors (Lipinski definition) is 2. The number of nitrogen functional groups attached to an aromatic ring is 1. The Bertz CT molecular complexity index is 1000. The molecular weight excluding hydrogens is 391 g/mol. The van der Waals surface area contributed by atoms with Crippen LogP contribution in [0.5, 0.6) is 0 Å². The molecule has 0 atom stereocenters. The van der Waals surface area contributed by atoms with Crippen molar-refractivity contribution in [3.63, 3.8) is 0 Å². The molecule has 29 heavy (non-hydrogen) atoms. The van der Waals surface area contributed by atoms with Gasteiger partial charge in [0.1, 0.15) is 17.4 Å². The number of benzene rings is 1. The van der Waals surface area contributed by atoms with Crippen molar-refractivity contribution in [3.8, 4) is 0 Å². The minimum atomic E-state index is -0.312. The van der Waals surface area contributed by atoms with Gasteiger partial charge < -0.3 is 15.5 Å². The number of halogens is 1. The number of hydrogen-bond acceptors (Lipinski definition) is 8. The molecule has 3 N–H and O–H groups in total. The number of aromatic nitrogens is 3. The molecule has 0 aliphatic carbocycles. The molecule has 0 aliphatic rings. The Hall–Kier alpha value is -3.30. The maximum absolute atomic E-state index is 13.1. The van der Waals surface area contributed by atoms with E-state index in [4.69, 9.17) is 10.2 Å². The lowest BCUT2D eigenvalue weighted by Gasteiger charge is -2.20. The molecule has 7 nitrogen and oxygen atoms in total. The fourth-order valence-corrected chi connectivity index (χ4v) is 3.59. The van der Waals surface area contributed by atoms with E-state index in [1.165, 1.54) is 17.0 Å². The number of thiophene rings is 1. The Labute approximate surface area is 171 Å². The molecule has 0 unspecified atom stereocenters. The normalized spacial score (nSPS) is 11.1. The molecule has 0 bridgehead atoms. The Morgan fingerprint density at radius 3 is 2.59 bits per heavy atom. The van der Waals surface area contributed by atoms with Gasteiger partial charge >= 0.3 is 0 Å². The lowest BCUT2D eigenvalue weighted by molar-refractivity contribution is 0.223. The molecule has 148 valence electrons. The summed E-state index contributed by atoms with van der Waals surface area (Å²) in [6.07, 6.45) is 1.66. The molecule has 0 saturated heterocycles. The quantitative estimate of drug-likeness (QED) is 0.450. The SMILES string of the molecule is Nc1nc(CN(Cc2ccco2)Cc2cccs2)nc(Nc2ccc(F)cc2)n1. The van der Waals surface area contributed by atoms with Crippen molar-refractivity contribution >= 4 is 28.9 Å². The number of rotatable bonds is 8. The largest absolute Gasteiger partial charge is 0.468 e. The Morgan fingerprint density at radius 2 is 1.86 bits per heavy atom. The van der Waals surface area contributed by atoms with Gasteiger partial charge in [-0.25, -0.2) is 4.39 Å². The number of nitrogens with zero attached hydrogens (tertiary/aromatic N) is 4. The van der Waals surface area contributed by atoms with Gasteiger partial charge in [-0.15, -0.1) is 11.3 Å². The summed E-state index contributed by atoms with van der Waals surface area (Å²) in [5, 5.41) is 5.08. The standard InChI is InChI=1S/C20H19FN6OS/c21-14-5-7-15(8-6-14)23-20-25-18(24-19(22)26-20)13-27(11-16-3-1-9-28-16)12-17-4-2-10-29-17/h1-10H,11-13H2,(H3,22,23,24,25,26). The summed E-state index contributed by atoms with van der Waals surface area (Å²) < 4.78 is 18.6. The molecule has 4 rings (SSSR count). The van der Waals surface area contributed by atoms with Gasteiger partial charge in [-0.2, -0.15) is 15.0 Å². The zero-order valence-corrected chi connectivity index (χ0v) is 16.3. The fraction of sp³-hybridized carbons (Fsp3) is 0.150. The third-order valence-corrected chi connectivity index (χ3v) is 4.94. The molecular formula is C20H19FN6OS. The predicted molar refractivity (Wildman–Crippen MR) is 110 cm³/mol. The van der Waals surface area contributed by atoms with Gasteiger partial charge in [-0.3, -0.25) is 4.90 Å². The van der Waals surface area contributed by atoms with Gasteiger partial charge in [0.2, 0.25) is 11.9 Å². The van der Waals surface area contributed by atoms with E-state index in [1.54, 1.807) is 29.7 Å². The van der Waals surface area contributed by atoms with Gasteiger partial charge in [-0.1, -0.05) is 6.07 Å². The topological polar surface area (TPSA) is 93.1 Å². The molecule has 0 aliphatic heterocycles. The second-order valence-electron chi connectivity index (χ2n) is 6.37. The first kappa shape index (κ1) is 19.0. The first-order chi connectivity index (χ1) is 14.1. The monoisotopic (exact) mass is 410 g/mol. The Morgan fingerprint density at radius 1 is 1.00 bits per heavy atom. The van der Waals surface area contributed by atoms with Gasteiger partial charge in [0.25, 0.3) is 0 Å². The van der Waals surface area contributed by atoms with E-state index in [-0.39, 0.29) is 11.8 Å². The molecule has 9 heteroatoms. The van der Waals surface area contributed by atoms with Crippen LogP contribution < -0.4 is 11.1 Å². The highest BCUT2D eigenvalue weighted by Gasteiger charge is 2.14. The van der Waals surface area contributed by atoms with E-state index in [0.29, 0.717) is 30.5 Å². The first-order valence-electron chi connectivity index (χ1n) is 8.94. The van der Waals surface area contributed by atoms with E-state index < -0.39 is 0 Å². The highest BCUT2D eigenvalue weighted by molar-refractivity contribution is 7.09. The van der Waals surface area contributed by atoms with E-state index in [2.05, 4.69) is 31.2 Å². The van der Waals surface area contributed by atoms with Crippen molar-refractivity contribution in [2.45, 2.75) is 19.6 Å². The van der Waals surface area contributed by atoms with Crippen LogP contribution in [0, 0.1) is 5.82 Å². The minimum absolute atomic E-state index is 0.119. The maximum Gasteiger partial charge on any atom is 0.232 e. The van der Waals surface area contributed by atoms with Gasteiger partial charge in [0, 0.05) is 17.1 Å². The highest BCUT2D eigenvalue weighted by atomic mass is 32.1. The molecule has 0 radical (unpaired) electrons. The first-order valence-corrected chi connectivity index (χ1v) is 9.82. The van der Waals surface area contributed by atoms with Crippen LogP contribution in [-0.2, 0) is 19.6 Å². The number of nitrogens with two attached hydrogens (primary N) is 1. The van der Waals surface area contributed by atoms with E-state index >= 15 is 0 Å². The molecule has 3 aromatic heterocycles. The van der Waals surface area contributed by atoms with Crippen LogP contribution in [0.3, 0.4) is 0 Å². The molecule has 0 spiro atoms. The van der Waals surface area contributed by atoms with Crippen LogP contribution in [0.1, 0.15) is 16.5 Å². The summed E-state index contributed by atoms with van der Waals surface area (Å²) >= 11 is 1.69. The van der Waals surface area contributed by atoms with Gasteiger partial charge in [-0.05, 0) is 47.8 Å². The van der Waals surface area contributed by atoms with Crippen LogP contribution in [0.25, 0.3) is 0 Å². The summed E-state index contributed by atoms with van der Waals surface area (Å²) in [5.74, 6) is 1.51. The second-order valence-corrected chi connectivity index (χ2v) is 7.40. The molecule has 1 aromatic carbocycles. The van der Waals surface area contributed by atoms with Crippen LogP contribution in [0.15, 0.2) is 64.6 Å². The van der Waals surface area contributed by atoms with Crippen LogP contribution in [-0.4, -0.2) is 19.9 Å². The maximum atomic E-state index is 13.1. The average molecular weight is 410 g/mol. The molecule has 0 amide bonds. The lowest BCUT2D eigenvalue weighted by Crippen LogP contribution is -2.23. The fourth-order valence-electron chi connectivity index (χ4n) is 2.84. The number of anilines is 3. The van der Waals surface area contributed by atoms with Crippen LogP contribution in [0.2, 0.25) is 0 Å². The summed E-state index contributed by atoms with van der Waals surface area (Å²) in [7, 11) is 0. The summed E-state index contributed by atoms with van der Waals surface area (Å²) in [5.41, 5.74) is 6.55. The predicted octanol–water partition coefficient (Wildman–Crippen LogP) is 4.19. The van der Waals surface area contributed by atoms with Gasteiger partial charge in [0.15, 0.2) is 0 Å². The highest BCUT2D eigenvalue weighted by Crippen LogP contribution is 2.18. The zero-order chi connectivity index (χ0) is 20.1. The Kier molecular flexibility index (Phi) is 5.78. The third kappa shape index (κ3) is 5.37. The average Bonchev–Trinajstić information content (AvgIpc) is 3.37. The number of nitrogens with one attached hydrogen (secondary N) is 1. The van der Waals surface area contributed by atoms with Crippen molar-refractivity contribution in [1.29, 1.82) is 0 Å². The molecule has 4 aromatic rings. The van der Waals surface area contributed by atoms with E-state index in [9.17, 15) is 4.39 Å². The molecule has 3 heterocycles. The van der Waals surface area contributed by atoms with Crippen molar-refractivity contribution in [2.75, 3.05) is 11.1 Å². The van der Waals surface area contributed by atoms with Crippen molar-refractivity contribution in [3.05, 3.63) is 82.5 Å². The van der Waals surface area contributed by atoms with Crippen LogP contribution in [0.4, 0.5) is 22.0 Å². The zero-order valence-electron chi connectivity index (χ0n) is 15.5.